The van der Waals surface area contributed by atoms with Gasteiger partial charge in [-0.1, -0.05) is 6.08 Å². The quantitative estimate of drug-likeness (QED) is 0.823. The average Bonchev–Trinajstić information content (AvgIpc) is 2.74. The first-order chi connectivity index (χ1) is 10.7. The molecule has 1 aliphatic rings. The van der Waals surface area contributed by atoms with E-state index in [1.807, 2.05) is 20.8 Å². The molecule has 0 saturated carbocycles. The molecule has 0 spiro atoms. The van der Waals surface area contributed by atoms with Crippen LogP contribution in [0.3, 0.4) is 0 Å². The van der Waals surface area contributed by atoms with E-state index in [1.165, 1.54) is 6.33 Å². The van der Waals surface area contributed by atoms with E-state index in [0.29, 0.717) is 12.4 Å². The van der Waals surface area contributed by atoms with Crippen molar-refractivity contribution in [2.75, 3.05) is 17.2 Å². The van der Waals surface area contributed by atoms with Crippen molar-refractivity contribution in [1.29, 1.82) is 0 Å². The van der Waals surface area contributed by atoms with Gasteiger partial charge in [0.1, 0.15) is 23.6 Å². The number of amides is 1. The summed E-state index contributed by atoms with van der Waals surface area (Å²) in [5, 5.41) is 2.82. The lowest BCUT2D eigenvalue weighted by Crippen LogP contribution is -2.46. The Labute approximate surface area is 136 Å². The van der Waals surface area contributed by atoms with Gasteiger partial charge in [-0.05, 0) is 34.1 Å². The first kappa shape index (κ1) is 17.1. The van der Waals surface area contributed by atoms with Crippen LogP contribution in [0.4, 0.5) is 16.4 Å². The first-order valence-electron chi connectivity index (χ1n) is 7.69. The van der Waals surface area contributed by atoms with E-state index in [0.717, 1.165) is 17.8 Å². The maximum Gasteiger partial charge on any atom is 0.408 e. The van der Waals surface area contributed by atoms with Crippen LogP contribution in [0.15, 0.2) is 19.0 Å². The van der Waals surface area contributed by atoms with Crippen LogP contribution in [0.1, 0.15) is 33.3 Å². The summed E-state index contributed by atoms with van der Waals surface area (Å²) in [4.78, 5) is 22.4. The fourth-order valence-corrected chi connectivity index (χ4v) is 2.59. The van der Waals surface area contributed by atoms with Gasteiger partial charge >= 0.3 is 6.09 Å². The van der Waals surface area contributed by atoms with E-state index >= 15 is 0 Å². The number of hydrogen-bond donors (Lipinski definition) is 2. The number of anilines is 2. The number of fused-ring (bicyclic) bond motifs is 1. The van der Waals surface area contributed by atoms with Gasteiger partial charge in [0.05, 0.1) is 6.04 Å². The lowest BCUT2D eigenvalue weighted by Gasteiger charge is -2.28. The summed E-state index contributed by atoms with van der Waals surface area (Å²) in [7, 11) is 0. The average molecular weight is 319 g/mol. The van der Waals surface area contributed by atoms with Crippen molar-refractivity contribution >= 4 is 17.7 Å². The molecule has 0 radical (unpaired) electrons. The number of nitrogen functional groups attached to an aromatic ring is 1. The number of nitrogens with two attached hydrogens (primary N) is 1. The van der Waals surface area contributed by atoms with Crippen molar-refractivity contribution in [2.24, 2.45) is 0 Å². The zero-order valence-electron chi connectivity index (χ0n) is 14.2. The van der Waals surface area contributed by atoms with Crippen LogP contribution in [0.2, 0.25) is 0 Å². The molecule has 1 amide bonds. The number of aromatic nitrogens is 2. The second-order valence-electron chi connectivity index (χ2n) is 6.76. The van der Waals surface area contributed by atoms with Crippen molar-refractivity contribution in [3.05, 3.63) is 24.5 Å². The molecule has 2 atom stereocenters. The molecule has 0 aromatic carbocycles. The topological polar surface area (TPSA) is 93.4 Å². The van der Waals surface area contributed by atoms with Crippen LogP contribution < -0.4 is 16.0 Å². The molecule has 7 nitrogen and oxygen atoms in total. The van der Waals surface area contributed by atoms with Crippen molar-refractivity contribution < 1.29 is 9.53 Å². The highest BCUT2D eigenvalue weighted by Crippen LogP contribution is 2.32. The summed E-state index contributed by atoms with van der Waals surface area (Å²) in [5.74, 6) is 1.34. The van der Waals surface area contributed by atoms with Gasteiger partial charge < -0.3 is 20.7 Å². The van der Waals surface area contributed by atoms with E-state index < -0.39 is 11.7 Å². The molecule has 2 rings (SSSR count). The fraction of sp³-hybridized carbons (Fsp3) is 0.562. The number of alkyl carbamates (subject to hydrolysis) is 1. The number of nitrogens with zero attached hydrogens (tertiary/aromatic N) is 3. The second-order valence-corrected chi connectivity index (χ2v) is 6.76. The Bertz CT molecular complexity index is 597. The van der Waals surface area contributed by atoms with E-state index in [4.69, 9.17) is 10.5 Å². The molecular weight excluding hydrogens is 294 g/mol. The Morgan fingerprint density at radius 3 is 2.91 bits per heavy atom. The molecule has 2 unspecified atom stereocenters. The van der Waals surface area contributed by atoms with Crippen LogP contribution in [0.5, 0.6) is 0 Å². The number of nitrogens with one attached hydrogen (secondary N) is 1. The van der Waals surface area contributed by atoms with Crippen molar-refractivity contribution in [1.82, 2.24) is 15.3 Å². The van der Waals surface area contributed by atoms with Gasteiger partial charge in [0.2, 0.25) is 0 Å². The van der Waals surface area contributed by atoms with Crippen LogP contribution in [-0.4, -0.2) is 40.3 Å². The van der Waals surface area contributed by atoms with Gasteiger partial charge in [-0.2, -0.15) is 0 Å². The molecular formula is C16H25N5O2. The molecule has 23 heavy (non-hydrogen) atoms. The Balaban J connectivity index is 2.07. The molecule has 1 aromatic heterocycles. The summed E-state index contributed by atoms with van der Waals surface area (Å²) in [6.45, 7) is 11.9. The Hall–Kier alpha value is -2.31. The number of carbonyl (C=O) groups excluding carboxylic acids is 1. The summed E-state index contributed by atoms with van der Waals surface area (Å²) in [6, 6.07) is -0.0265. The number of carbonyl (C=O) groups is 1. The van der Waals surface area contributed by atoms with Crippen LogP contribution in [0.25, 0.3) is 0 Å². The van der Waals surface area contributed by atoms with E-state index in [9.17, 15) is 4.79 Å². The lowest BCUT2D eigenvalue weighted by molar-refractivity contribution is 0.0515. The Kier molecular flexibility index (Phi) is 4.77. The maximum absolute atomic E-state index is 11.9. The minimum absolute atomic E-state index is 0.229. The Morgan fingerprint density at radius 1 is 1.61 bits per heavy atom. The zero-order valence-corrected chi connectivity index (χ0v) is 14.2. The minimum atomic E-state index is -0.537. The van der Waals surface area contributed by atoms with Gasteiger partial charge in [0.15, 0.2) is 0 Å². The maximum atomic E-state index is 11.9. The molecule has 0 bridgehead atoms. The SMILES string of the molecule is C=CC(CN1c2ncnc(N)c2CC1C)NC(=O)OC(C)(C)C. The van der Waals surface area contributed by atoms with Gasteiger partial charge in [-0.25, -0.2) is 14.8 Å². The van der Waals surface area contributed by atoms with Crippen LogP contribution in [-0.2, 0) is 11.2 Å². The summed E-state index contributed by atoms with van der Waals surface area (Å²) >= 11 is 0. The molecule has 0 saturated heterocycles. The van der Waals surface area contributed by atoms with Crippen molar-refractivity contribution in [3.63, 3.8) is 0 Å². The molecule has 1 aromatic rings. The highest BCUT2D eigenvalue weighted by molar-refractivity contribution is 5.69. The van der Waals surface area contributed by atoms with E-state index in [1.54, 1.807) is 6.08 Å². The van der Waals surface area contributed by atoms with Crippen LogP contribution >= 0.6 is 0 Å². The predicted molar refractivity (Wildman–Crippen MR) is 90.3 cm³/mol. The third kappa shape index (κ3) is 4.12. The van der Waals surface area contributed by atoms with E-state index in [2.05, 4.69) is 33.7 Å². The third-order valence-corrected chi connectivity index (χ3v) is 3.64. The Morgan fingerprint density at radius 2 is 2.30 bits per heavy atom. The molecule has 2 heterocycles. The first-order valence-corrected chi connectivity index (χ1v) is 7.69. The van der Waals surface area contributed by atoms with Crippen LogP contribution in [0, 0.1) is 0 Å². The third-order valence-electron chi connectivity index (χ3n) is 3.64. The fourth-order valence-electron chi connectivity index (χ4n) is 2.59. The van der Waals surface area contributed by atoms with Crippen molar-refractivity contribution in [3.8, 4) is 0 Å². The van der Waals surface area contributed by atoms with Gasteiger partial charge in [0.25, 0.3) is 0 Å². The lowest BCUT2D eigenvalue weighted by atomic mass is 10.2. The molecule has 7 heteroatoms. The molecule has 1 aliphatic heterocycles. The number of ether oxygens (including phenoxy) is 1. The normalized spacial score (nSPS) is 18.3. The molecule has 0 aliphatic carbocycles. The highest BCUT2D eigenvalue weighted by Gasteiger charge is 2.31. The minimum Gasteiger partial charge on any atom is -0.444 e. The molecule has 3 N–H and O–H groups in total. The second kappa shape index (κ2) is 6.44. The zero-order chi connectivity index (χ0) is 17.2. The summed E-state index contributed by atoms with van der Waals surface area (Å²) in [6.07, 6.45) is 3.48. The van der Waals surface area contributed by atoms with Gasteiger partial charge in [0, 0.05) is 18.2 Å². The number of rotatable bonds is 4. The monoisotopic (exact) mass is 319 g/mol. The molecule has 0 fully saturated rings. The van der Waals surface area contributed by atoms with Gasteiger partial charge in [-0.3, -0.25) is 0 Å². The standard InChI is InChI=1S/C16H25N5O2/c1-6-11(20-15(22)23-16(3,4)5)8-21-10(2)7-12-13(17)18-9-19-14(12)21/h6,9-11H,1,7-8H2,2-5H3,(H,20,22)(H2,17,18,19). The van der Waals surface area contributed by atoms with E-state index in [-0.39, 0.29) is 12.1 Å². The highest BCUT2D eigenvalue weighted by atomic mass is 16.6. The summed E-state index contributed by atoms with van der Waals surface area (Å²) in [5.41, 5.74) is 6.34. The number of hydrogen-bond acceptors (Lipinski definition) is 6. The van der Waals surface area contributed by atoms with Crippen molar-refractivity contribution in [2.45, 2.75) is 51.8 Å². The largest absolute Gasteiger partial charge is 0.444 e. The smallest absolute Gasteiger partial charge is 0.408 e. The molecule has 126 valence electrons. The van der Waals surface area contributed by atoms with Gasteiger partial charge in [-0.15, -0.1) is 6.58 Å². The summed E-state index contributed by atoms with van der Waals surface area (Å²) < 4.78 is 5.29. The predicted octanol–water partition coefficient (Wildman–Crippen LogP) is 1.89.